The van der Waals surface area contributed by atoms with E-state index in [1.807, 2.05) is 12.4 Å². The number of aromatic nitrogens is 2. The van der Waals surface area contributed by atoms with E-state index in [2.05, 4.69) is 30.7 Å². The molecule has 18 heavy (non-hydrogen) atoms. The summed E-state index contributed by atoms with van der Waals surface area (Å²) in [6, 6.07) is 0. The van der Waals surface area contributed by atoms with E-state index in [9.17, 15) is 0 Å². The average molecular weight is 248 g/mol. The normalized spacial score (nSPS) is 11.7. The van der Waals surface area contributed by atoms with Gasteiger partial charge in [0, 0.05) is 24.0 Å². The van der Waals surface area contributed by atoms with Crippen molar-refractivity contribution < 1.29 is 0 Å². The molecule has 1 aromatic rings. The van der Waals surface area contributed by atoms with Crippen LogP contribution in [0.4, 0.5) is 0 Å². The van der Waals surface area contributed by atoms with E-state index in [0.29, 0.717) is 0 Å². The van der Waals surface area contributed by atoms with Crippen molar-refractivity contribution in [2.75, 3.05) is 0 Å². The monoisotopic (exact) mass is 248 g/mol. The Morgan fingerprint density at radius 1 is 0.944 bits per heavy atom. The lowest BCUT2D eigenvalue weighted by atomic mass is 9.77. The summed E-state index contributed by atoms with van der Waals surface area (Å²) < 4.78 is 0. The molecule has 102 valence electrons. The van der Waals surface area contributed by atoms with Crippen LogP contribution in [0.2, 0.25) is 0 Å². The van der Waals surface area contributed by atoms with Crippen molar-refractivity contribution in [3.05, 3.63) is 24.3 Å². The Labute approximate surface area is 112 Å². The zero-order valence-corrected chi connectivity index (χ0v) is 12.3. The highest BCUT2D eigenvalue weighted by Gasteiger charge is 2.27. The van der Waals surface area contributed by atoms with Crippen molar-refractivity contribution >= 4 is 0 Å². The lowest BCUT2D eigenvalue weighted by molar-refractivity contribution is 0.357. The van der Waals surface area contributed by atoms with E-state index in [-0.39, 0.29) is 5.41 Å². The van der Waals surface area contributed by atoms with Gasteiger partial charge in [0.2, 0.25) is 0 Å². The molecule has 0 aliphatic carbocycles. The van der Waals surface area contributed by atoms with E-state index in [0.717, 1.165) is 0 Å². The smallest absolute Gasteiger partial charge is 0.0645 e. The predicted molar refractivity (Wildman–Crippen MR) is 77.7 cm³/mol. The summed E-state index contributed by atoms with van der Waals surface area (Å²) in [5, 5.41) is 0. The largest absolute Gasteiger partial charge is 0.261 e. The number of unbranched alkanes of at least 4 members (excludes halogenated alkanes) is 4. The van der Waals surface area contributed by atoms with Gasteiger partial charge >= 0.3 is 0 Å². The molecule has 0 bridgehead atoms. The highest BCUT2D eigenvalue weighted by atomic mass is 14.8. The van der Waals surface area contributed by atoms with Gasteiger partial charge in [0.15, 0.2) is 0 Å². The molecule has 0 fully saturated rings. The zero-order chi connectivity index (χ0) is 13.3. The summed E-state index contributed by atoms with van der Waals surface area (Å²) in [5.41, 5.74) is 1.40. The van der Waals surface area contributed by atoms with E-state index < -0.39 is 0 Å². The van der Waals surface area contributed by atoms with Crippen LogP contribution >= 0.6 is 0 Å². The SMILES string of the molecule is CCCCCC(C)(CCCCC)c1cnccn1. The lowest BCUT2D eigenvalue weighted by Gasteiger charge is -2.29. The van der Waals surface area contributed by atoms with Gasteiger partial charge in [-0.15, -0.1) is 0 Å². The predicted octanol–water partition coefficient (Wildman–Crippen LogP) is 4.89. The van der Waals surface area contributed by atoms with Crippen molar-refractivity contribution in [2.45, 2.75) is 77.6 Å². The summed E-state index contributed by atoms with van der Waals surface area (Å²) in [4.78, 5) is 8.79. The number of hydrogen-bond donors (Lipinski definition) is 0. The molecule has 0 N–H and O–H groups in total. The van der Waals surface area contributed by atoms with Crippen LogP contribution in [-0.2, 0) is 5.41 Å². The highest BCUT2D eigenvalue weighted by molar-refractivity contribution is 5.11. The summed E-state index contributed by atoms with van der Waals surface area (Å²) >= 11 is 0. The molecule has 0 aliphatic rings. The Morgan fingerprint density at radius 3 is 2.00 bits per heavy atom. The molecule has 0 amide bonds. The quantitative estimate of drug-likeness (QED) is 0.581. The molecule has 0 saturated heterocycles. The van der Waals surface area contributed by atoms with E-state index >= 15 is 0 Å². The molecule has 0 spiro atoms. The third-order valence-electron chi connectivity index (χ3n) is 3.85. The van der Waals surface area contributed by atoms with Gasteiger partial charge in [0.05, 0.1) is 5.69 Å². The van der Waals surface area contributed by atoms with Crippen molar-refractivity contribution in [1.82, 2.24) is 9.97 Å². The molecule has 0 radical (unpaired) electrons. The van der Waals surface area contributed by atoms with Crippen molar-refractivity contribution in [3.63, 3.8) is 0 Å². The van der Waals surface area contributed by atoms with Crippen molar-refractivity contribution in [1.29, 1.82) is 0 Å². The summed E-state index contributed by atoms with van der Waals surface area (Å²) in [6.07, 6.45) is 15.8. The Bertz CT molecular complexity index is 298. The minimum atomic E-state index is 0.221. The second-order valence-corrected chi connectivity index (χ2v) is 5.57. The fraction of sp³-hybridized carbons (Fsp3) is 0.750. The molecule has 0 aromatic carbocycles. The molecule has 0 aliphatic heterocycles. The average Bonchev–Trinajstić information content (AvgIpc) is 2.40. The molecular formula is C16H28N2. The zero-order valence-electron chi connectivity index (χ0n) is 12.3. The fourth-order valence-electron chi connectivity index (χ4n) is 2.52. The molecular weight excluding hydrogens is 220 g/mol. The molecule has 1 aromatic heterocycles. The van der Waals surface area contributed by atoms with Gasteiger partial charge in [-0.1, -0.05) is 59.3 Å². The number of rotatable bonds is 9. The van der Waals surface area contributed by atoms with Gasteiger partial charge in [-0.3, -0.25) is 9.97 Å². The highest BCUT2D eigenvalue weighted by Crippen LogP contribution is 2.33. The topological polar surface area (TPSA) is 25.8 Å². The van der Waals surface area contributed by atoms with Crippen LogP contribution in [0.25, 0.3) is 0 Å². The Morgan fingerprint density at radius 2 is 1.56 bits per heavy atom. The summed E-state index contributed by atoms with van der Waals surface area (Å²) in [7, 11) is 0. The van der Waals surface area contributed by atoms with Gasteiger partial charge < -0.3 is 0 Å². The number of nitrogens with zero attached hydrogens (tertiary/aromatic N) is 2. The summed E-state index contributed by atoms with van der Waals surface area (Å²) in [6.45, 7) is 6.88. The van der Waals surface area contributed by atoms with Crippen molar-refractivity contribution in [2.24, 2.45) is 0 Å². The minimum absolute atomic E-state index is 0.221. The first-order valence-electron chi connectivity index (χ1n) is 7.49. The van der Waals surface area contributed by atoms with E-state index in [1.165, 1.54) is 57.1 Å². The first-order valence-corrected chi connectivity index (χ1v) is 7.49. The van der Waals surface area contributed by atoms with Crippen LogP contribution in [0.3, 0.4) is 0 Å². The molecule has 0 saturated carbocycles. The maximum Gasteiger partial charge on any atom is 0.0645 e. The van der Waals surface area contributed by atoms with Gasteiger partial charge in [0.25, 0.3) is 0 Å². The van der Waals surface area contributed by atoms with Gasteiger partial charge in [-0.25, -0.2) is 0 Å². The Balaban J connectivity index is 2.67. The molecule has 1 heterocycles. The summed E-state index contributed by atoms with van der Waals surface area (Å²) in [5.74, 6) is 0. The van der Waals surface area contributed by atoms with Crippen LogP contribution in [0, 0.1) is 0 Å². The van der Waals surface area contributed by atoms with Gasteiger partial charge in [-0.05, 0) is 12.8 Å². The van der Waals surface area contributed by atoms with E-state index in [1.54, 1.807) is 6.20 Å². The second-order valence-electron chi connectivity index (χ2n) is 5.57. The van der Waals surface area contributed by atoms with Crippen LogP contribution in [0.15, 0.2) is 18.6 Å². The van der Waals surface area contributed by atoms with Gasteiger partial charge in [0.1, 0.15) is 0 Å². The molecule has 2 heteroatoms. The van der Waals surface area contributed by atoms with Gasteiger partial charge in [-0.2, -0.15) is 0 Å². The fourth-order valence-corrected chi connectivity index (χ4v) is 2.52. The number of hydrogen-bond acceptors (Lipinski definition) is 2. The van der Waals surface area contributed by atoms with Crippen LogP contribution in [0.5, 0.6) is 0 Å². The van der Waals surface area contributed by atoms with Crippen LogP contribution in [0.1, 0.15) is 77.8 Å². The minimum Gasteiger partial charge on any atom is -0.261 e. The van der Waals surface area contributed by atoms with Crippen LogP contribution in [-0.4, -0.2) is 9.97 Å². The second kappa shape index (κ2) is 8.23. The molecule has 1 rings (SSSR count). The molecule has 2 nitrogen and oxygen atoms in total. The molecule has 0 unspecified atom stereocenters. The maximum atomic E-state index is 4.55. The third kappa shape index (κ3) is 4.75. The lowest BCUT2D eigenvalue weighted by Crippen LogP contribution is -2.23. The van der Waals surface area contributed by atoms with Crippen molar-refractivity contribution in [3.8, 4) is 0 Å². The first-order chi connectivity index (χ1) is 8.73. The van der Waals surface area contributed by atoms with Crippen LogP contribution < -0.4 is 0 Å². The molecule has 0 atom stereocenters. The first kappa shape index (κ1) is 15.1. The Hall–Kier alpha value is -0.920. The maximum absolute atomic E-state index is 4.55. The standard InChI is InChI=1S/C16H28N2/c1-4-6-8-10-16(3,11-9-7-5-2)15-14-17-12-13-18-15/h12-14H,4-11H2,1-3H3. The third-order valence-corrected chi connectivity index (χ3v) is 3.85. The van der Waals surface area contributed by atoms with E-state index in [4.69, 9.17) is 0 Å². The Kier molecular flexibility index (Phi) is 6.92.